The third-order valence-electron chi connectivity index (χ3n) is 4.30. The SMILES string of the molecule is COc1cccc(C(=O)OCC(=O)N(CC(C)C)[C@H]2CCS(=O)(=O)C2)c1O. The Hall–Kier alpha value is -2.29. The Kier molecular flexibility index (Phi) is 6.69. The van der Waals surface area contributed by atoms with E-state index in [0.717, 1.165) is 0 Å². The van der Waals surface area contributed by atoms with Gasteiger partial charge in [0, 0.05) is 12.6 Å². The molecule has 1 heterocycles. The standard InChI is InChI=1S/C18H25NO7S/c1-12(2)9-19(13-7-8-27(23,24)11-13)16(20)10-26-18(22)14-5-4-6-15(25-3)17(14)21/h4-6,12-13,21H,7-11H2,1-3H3/t13-/m0/s1. The minimum Gasteiger partial charge on any atom is -0.504 e. The van der Waals surface area contributed by atoms with Crippen LogP contribution in [0.2, 0.25) is 0 Å². The summed E-state index contributed by atoms with van der Waals surface area (Å²) in [6.45, 7) is 3.69. The zero-order valence-electron chi connectivity index (χ0n) is 15.7. The van der Waals surface area contributed by atoms with Gasteiger partial charge in [0.1, 0.15) is 5.56 Å². The molecule has 0 aliphatic carbocycles. The Morgan fingerprint density at radius 1 is 1.33 bits per heavy atom. The van der Waals surface area contributed by atoms with E-state index >= 15 is 0 Å². The maximum Gasteiger partial charge on any atom is 0.342 e. The second kappa shape index (κ2) is 8.60. The van der Waals surface area contributed by atoms with E-state index in [1.165, 1.54) is 30.2 Å². The number of sulfone groups is 1. The molecule has 0 aromatic heterocycles. The van der Waals surface area contributed by atoms with Gasteiger partial charge in [-0.3, -0.25) is 4.79 Å². The van der Waals surface area contributed by atoms with E-state index < -0.39 is 34.4 Å². The van der Waals surface area contributed by atoms with Crippen molar-refractivity contribution in [3.8, 4) is 11.5 Å². The Morgan fingerprint density at radius 2 is 2.04 bits per heavy atom. The van der Waals surface area contributed by atoms with Crippen molar-refractivity contribution in [1.29, 1.82) is 0 Å². The number of phenolic OH excluding ortho intramolecular Hbond substituents is 1. The number of methoxy groups -OCH3 is 1. The van der Waals surface area contributed by atoms with Gasteiger partial charge in [-0.2, -0.15) is 0 Å². The van der Waals surface area contributed by atoms with E-state index in [1.807, 2.05) is 13.8 Å². The first-order valence-electron chi connectivity index (χ1n) is 8.67. The number of carbonyl (C=O) groups is 2. The number of benzene rings is 1. The van der Waals surface area contributed by atoms with Gasteiger partial charge in [-0.05, 0) is 24.5 Å². The molecule has 1 saturated heterocycles. The van der Waals surface area contributed by atoms with Crippen LogP contribution in [0, 0.1) is 5.92 Å². The van der Waals surface area contributed by atoms with Crippen molar-refractivity contribution in [2.75, 3.05) is 31.8 Å². The monoisotopic (exact) mass is 399 g/mol. The Balaban J connectivity index is 2.06. The Labute approximate surface area is 159 Å². The fraction of sp³-hybridized carbons (Fsp3) is 0.556. The lowest BCUT2D eigenvalue weighted by Gasteiger charge is -2.29. The first-order valence-corrected chi connectivity index (χ1v) is 10.5. The summed E-state index contributed by atoms with van der Waals surface area (Å²) >= 11 is 0. The van der Waals surface area contributed by atoms with Gasteiger partial charge >= 0.3 is 5.97 Å². The second-order valence-corrected chi connectivity index (χ2v) is 9.16. The van der Waals surface area contributed by atoms with Crippen molar-refractivity contribution in [2.24, 2.45) is 5.92 Å². The smallest absolute Gasteiger partial charge is 0.342 e. The Morgan fingerprint density at radius 3 is 2.59 bits per heavy atom. The zero-order valence-corrected chi connectivity index (χ0v) is 16.5. The summed E-state index contributed by atoms with van der Waals surface area (Å²) < 4.78 is 33.5. The molecule has 1 aliphatic rings. The lowest BCUT2D eigenvalue weighted by Crippen LogP contribution is -2.45. The molecule has 1 N–H and O–H groups in total. The van der Waals surface area contributed by atoms with E-state index in [9.17, 15) is 23.1 Å². The predicted molar refractivity (Wildman–Crippen MR) is 98.6 cm³/mol. The minimum atomic E-state index is -3.15. The number of nitrogens with zero attached hydrogens (tertiary/aromatic N) is 1. The number of rotatable bonds is 7. The summed E-state index contributed by atoms with van der Waals surface area (Å²) in [6, 6.07) is 3.96. The van der Waals surface area contributed by atoms with Crippen LogP contribution in [0.3, 0.4) is 0 Å². The van der Waals surface area contributed by atoms with E-state index in [0.29, 0.717) is 13.0 Å². The number of hydrogen-bond donors (Lipinski definition) is 1. The summed E-state index contributed by atoms with van der Waals surface area (Å²) in [6.07, 6.45) is 0.380. The molecule has 8 nitrogen and oxygen atoms in total. The first kappa shape index (κ1) is 21.0. The lowest BCUT2D eigenvalue weighted by atomic mass is 10.1. The molecule has 0 saturated carbocycles. The van der Waals surface area contributed by atoms with Crippen molar-refractivity contribution in [3.63, 3.8) is 0 Å². The molecule has 9 heteroatoms. The molecule has 0 unspecified atom stereocenters. The van der Waals surface area contributed by atoms with Gasteiger partial charge < -0.3 is 19.5 Å². The fourth-order valence-corrected chi connectivity index (χ4v) is 4.74. The van der Waals surface area contributed by atoms with Crippen LogP contribution in [0.25, 0.3) is 0 Å². The molecule has 0 radical (unpaired) electrons. The van der Waals surface area contributed by atoms with Crippen molar-refractivity contribution in [3.05, 3.63) is 23.8 Å². The molecule has 27 heavy (non-hydrogen) atoms. The Bertz CT molecular complexity index is 804. The van der Waals surface area contributed by atoms with E-state index in [2.05, 4.69) is 0 Å². The average molecular weight is 399 g/mol. The van der Waals surface area contributed by atoms with Crippen LogP contribution in [0.4, 0.5) is 0 Å². The number of hydrogen-bond acceptors (Lipinski definition) is 7. The zero-order chi connectivity index (χ0) is 20.2. The average Bonchev–Trinajstić information content (AvgIpc) is 2.97. The number of ether oxygens (including phenoxy) is 2. The van der Waals surface area contributed by atoms with Crippen LogP contribution in [-0.4, -0.2) is 68.1 Å². The molecule has 1 aromatic carbocycles. The number of esters is 1. The molecule has 1 aromatic rings. The van der Waals surface area contributed by atoms with Gasteiger partial charge in [0.05, 0.1) is 18.6 Å². The van der Waals surface area contributed by atoms with E-state index in [4.69, 9.17) is 9.47 Å². The molecule has 1 amide bonds. The molecule has 1 atom stereocenters. The second-order valence-electron chi connectivity index (χ2n) is 6.93. The maximum absolute atomic E-state index is 12.6. The number of phenols is 1. The van der Waals surface area contributed by atoms with Gasteiger partial charge in [-0.25, -0.2) is 13.2 Å². The highest BCUT2D eigenvalue weighted by atomic mass is 32.2. The van der Waals surface area contributed by atoms with Crippen LogP contribution < -0.4 is 4.74 Å². The molecule has 0 spiro atoms. The van der Waals surface area contributed by atoms with Crippen LogP contribution in [0.15, 0.2) is 18.2 Å². The highest BCUT2D eigenvalue weighted by molar-refractivity contribution is 7.91. The predicted octanol–water partition coefficient (Wildman–Crippen LogP) is 1.23. The maximum atomic E-state index is 12.6. The highest BCUT2D eigenvalue weighted by Gasteiger charge is 2.35. The van der Waals surface area contributed by atoms with Crippen LogP contribution in [0.1, 0.15) is 30.6 Å². The number of amides is 1. The highest BCUT2D eigenvalue weighted by Crippen LogP contribution is 2.29. The molecule has 0 bridgehead atoms. The topological polar surface area (TPSA) is 110 Å². The first-order chi connectivity index (χ1) is 12.6. The molecule has 2 rings (SSSR count). The minimum absolute atomic E-state index is 0.0526. The third-order valence-corrected chi connectivity index (χ3v) is 6.05. The van der Waals surface area contributed by atoms with Crippen molar-refractivity contribution in [1.82, 2.24) is 4.90 Å². The fourth-order valence-electron chi connectivity index (χ4n) is 3.01. The lowest BCUT2D eigenvalue weighted by molar-refractivity contribution is -0.137. The summed E-state index contributed by atoms with van der Waals surface area (Å²) in [5.41, 5.74) is -0.110. The van der Waals surface area contributed by atoms with Gasteiger partial charge in [0.15, 0.2) is 27.9 Å². The van der Waals surface area contributed by atoms with Gasteiger partial charge in [0.2, 0.25) is 0 Å². The molecule has 150 valence electrons. The van der Waals surface area contributed by atoms with Gasteiger partial charge in [-0.15, -0.1) is 0 Å². The van der Waals surface area contributed by atoms with Crippen molar-refractivity contribution < 1.29 is 32.6 Å². The molecule has 1 aliphatic heterocycles. The van der Waals surface area contributed by atoms with Gasteiger partial charge in [0.25, 0.3) is 5.91 Å². The normalized spacial score (nSPS) is 18.3. The summed E-state index contributed by atoms with van der Waals surface area (Å²) in [5.74, 6) is -1.44. The number of carbonyl (C=O) groups excluding carboxylic acids is 2. The summed E-state index contributed by atoms with van der Waals surface area (Å²) in [4.78, 5) is 26.3. The van der Waals surface area contributed by atoms with Crippen LogP contribution >= 0.6 is 0 Å². The molecule has 1 fully saturated rings. The van der Waals surface area contributed by atoms with Gasteiger partial charge in [-0.1, -0.05) is 19.9 Å². The summed E-state index contributed by atoms with van der Waals surface area (Å²) in [7, 11) is -1.79. The van der Waals surface area contributed by atoms with E-state index in [-0.39, 0.29) is 34.5 Å². The number of para-hydroxylation sites is 1. The van der Waals surface area contributed by atoms with Crippen molar-refractivity contribution in [2.45, 2.75) is 26.3 Å². The van der Waals surface area contributed by atoms with E-state index in [1.54, 1.807) is 0 Å². The largest absolute Gasteiger partial charge is 0.504 e. The van der Waals surface area contributed by atoms with Crippen LogP contribution in [-0.2, 0) is 19.4 Å². The molecular weight excluding hydrogens is 374 g/mol. The van der Waals surface area contributed by atoms with Crippen molar-refractivity contribution >= 4 is 21.7 Å². The number of aromatic hydroxyl groups is 1. The quantitative estimate of drug-likeness (QED) is 0.687. The van der Waals surface area contributed by atoms with Crippen LogP contribution in [0.5, 0.6) is 11.5 Å². The summed E-state index contributed by atoms with van der Waals surface area (Å²) in [5, 5.41) is 9.99. The third kappa shape index (κ3) is 5.35. The molecular formula is C18H25NO7S.